The monoisotopic (exact) mass is 219 g/mol. The lowest BCUT2D eigenvalue weighted by atomic mass is 9.98. The van der Waals surface area contributed by atoms with Gasteiger partial charge in [0.2, 0.25) is 0 Å². The lowest BCUT2D eigenvalue weighted by Gasteiger charge is -2.19. The van der Waals surface area contributed by atoms with Gasteiger partial charge in [-0.1, -0.05) is 32.0 Å². The summed E-state index contributed by atoms with van der Waals surface area (Å²) in [5, 5.41) is 3.55. The largest absolute Gasteiger partial charge is 0.493 e. The summed E-state index contributed by atoms with van der Waals surface area (Å²) in [5.74, 6) is 1.13. The summed E-state index contributed by atoms with van der Waals surface area (Å²) in [7, 11) is 0. The summed E-state index contributed by atoms with van der Waals surface area (Å²) in [4.78, 5) is 0. The van der Waals surface area contributed by atoms with E-state index in [2.05, 4.69) is 37.4 Å². The van der Waals surface area contributed by atoms with Crippen molar-refractivity contribution in [3.05, 3.63) is 29.3 Å². The van der Waals surface area contributed by atoms with Crippen LogP contribution in [0.1, 0.15) is 43.9 Å². The fraction of sp³-hybridized carbons (Fsp3) is 0.571. The molecule has 88 valence electrons. The molecule has 0 bridgehead atoms. The highest BCUT2D eigenvalue weighted by molar-refractivity contribution is 5.44. The lowest BCUT2D eigenvalue weighted by molar-refractivity contribution is 0.312. The Kier molecular flexibility index (Phi) is 3.83. The first kappa shape index (κ1) is 11.5. The zero-order chi connectivity index (χ0) is 11.4. The molecular weight excluding hydrogens is 198 g/mol. The van der Waals surface area contributed by atoms with E-state index in [-0.39, 0.29) is 0 Å². The van der Waals surface area contributed by atoms with Crippen LogP contribution in [0.25, 0.3) is 0 Å². The highest BCUT2D eigenvalue weighted by Crippen LogP contribution is 2.34. The molecule has 1 unspecified atom stereocenters. The molecule has 1 atom stereocenters. The van der Waals surface area contributed by atoms with E-state index in [1.807, 2.05) is 0 Å². The van der Waals surface area contributed by atoms with Crippen LogP contribution in [0.2, 0.25) is 0 Å². The average molecular weight is 219 g/mol. The zero-order valence-corrected chi connectivity index (χ0v) is 10.3. The minimum absolute atomic E-state index is 0.467. The zero-order valence-electron chi connectivity index (χ0n) is 10.3. The quantitative estimate of drug-likeness (QED) is 0.843. The summed E-state index contributed by atoms with van der Waals surface area (Å²) >= 11 is 0. The molecule has 1 N–H and O–H groups in total. The van der Waals surface area contributed by atoms with Crippen molar-refractivity contribution in [3.8, 4) is 5.75 Å². The van der Waals surface area contributed by atoms with Gasteiger partial charge in [0.1, 0.15) is 5.75 Å². The molecule has 2 nitrogen and oxygen atoms in total. The van der Waals surface area contributed by atoms with E-state index < -0.39 is 0 Å². The predicted octanol–water partition coefficient (Wildman–Crippen LogP) is 3.07. The lowest BCUT2D eigenvalue weighted by Crippen LogP contribution is -2.20. The molecule has 1 aliphatic heterocycles. The molecule has 0 aliphatic carbocycles. The Balaban J connectivity index is 2.37. The summed E-state index contributed by atoms with van der Waals surface area (Å²) in [6.07, 6.45) is 3.35. The van der Waals surface area contributed by atoms with Gasteiger partial charge in [0.05, 0.1) is 6.61 Å². The summed E-state index contributed by atoms with van der Waals surface area (Å²) in [6.45, 7) is 6.22. The normalized spacial score (nSPS) is 19.8. The maximum atomic E-state index is 5.91. The Morgan fingerprint density at radius 3 is 3.00 bits per heavy atom. The molecule has 0 amide bonds. The first-order chi connectivity index (χ1) is 7.86. The number of ether oxygens (including phenoxy) is 1. The van der Waals surface area contributed by atoms with Gasteiger partial charge in [-0.2, -0.15) is 0 Å². The summed E-state index contributed by atoms with van der Waals surface area (Å²) < 4.78 is 5.91. The van der Waals surface area contributed by atoms with Gasteiger partial charge < -0.3 is 10.1 Å². The second-order valence-corrected chi connectivity index (χ2v) is 4.29. The number of aryl methyl sites for hydroxylation is 1. The van der Waals surface area contributed by atoms with Crippen molar-refractivity contribution in [2.24, 2.45) is 0 Å². The predicted molar refractivity (Wildman–Crippen MR) is 67.0 cm³/mol. The van der Waals surface area contributed by atoms with E-state index in [1.54, 1.807) is 0 Å². The van der Waals surface area contributed by atoms with Crippen LogP contribution in [0, 0.1) is 0 Å². The van der Waals surface area contributed by atoms with Gasteiger partial charge >= 0.3 is 0 Å². The molecule has 2 heteroatoms. The van der Waals surface area contributed by atoms with Gasteiger partial charge in [0, 0.05) is 11.6 Å². The minimum Gasteiger partial charge on any atom is -0.493 e. The molecule has 0 radical (unpaired) electrons. The van der Waals surface area contributed by atoms with Crippen LogP contribution in [0.5, 0.6) is 5.75 Å². The Hall–Kier alpha value is -1.02. The fourth-order valence-electron chi connectivity index (χ4n) is 2.41. The molecule has 1 aromatic carbocycles. The summed E-state index contributed by atoms with van der Waals surface area (Å²) in [5.41, 5.74) is 2.68. The number of nitrogens with one attached hydrogen (secondary N) is 1. The van der Waals surface area contributed by atoms with Crippen LogP contribution in [-0.4, -0.2) is 13.2 Å². The fourth-order valence-corrected chi connectivity index (χ4v) is 2.41. The van der Waals surface area contributed by atoms with Crippen LogP contribution >= 0.6 is 0 Å². The molecule has 1 aliphatic rings. The first-order valence-electron chi connectivity index (χ1n) is 6.34. The van der Waals surface area contributed by atoms with Crippen LogP contribution in [0.3, 0.4) is 0 Å². The van der Waals surface area contributed by atoms with Crippen molar-refractivity contribution >= 4 is 0 Å². The molecule has 0 saturated carbocycles. The van der Waals surface area contributed by atoms with Crippen molar-refractivity contribution in [3.63, 3.8) is 0 Å². The second-order valence-electron chi connectivity index (χ2n) is 4.29. The number of benzene rings is 1. The minimum atomic E-state index is 0.467. The smallest absolute Gasteiger partial charge is 0.127 e. The Labute approximate surface area is 98.0 Å². The number of hydrogen-bond donors (Lipinski definition) is 1. The van der Waals surface area contributed by atoms with Crippen molar-refractivity contribution in [1.82, 2.24) is 5.32 Å². The number of hydrogen-bond acceptors (Lipinski definition) is 2. The third-order valence-electron chi connectivity index (χ3n) is 3.22. The van der Waals surface area contributed by atoms with Gasteiger partial charge in [0.15, 0.2) is 0 Å². The van der Waals surface area contributed by atoms with Gasteiger partial charge in [-0.25, -0.2) is 0 Å². The topological polar surface area (TPSA) is 21.3 Å². The first-order valence-corrected chi connectivity index (χ1v) is 6.34. The molecule has 0 fully saturated rings. The van der Waals surface area contributed by atoms with Crippen molar-refractivity contribution in [2.45, 2.75) is 39.2 Å². The highest BCUT2D eigenvalue weighted by Gasteiger charge is 2.20. The van der Waals surface area contributed by atoms with Crippen molar-refractivity contribution in [2.75, 3.05) is 13.2 Å². The van der Waals surface area contributed by atoms with Crippen LogP contribution < -0.4 is 10.1 Å². The van der Waals surface area contributed by atoms with Crippen molar-refractivity contribution < 1.29 is 4.74 Å². The van der Waals surface area contributed by atoms with Crippen LogP contribution in [-0.2, 0) is 6.42 Å². The average Bonchev–Trinajstić information content (AvgIpc) is 2.52. The molecule has 2 rings (SSSR count). The van der Waals surface area contributed by atoms with E-state index in [9.17, 15) is 0 Å². The second kappa shape index (κ2) is 5.35. The van der Waals surface area contributed by atoms with Crippen molar-refractivity contribution in [1.29, 1.82) is 0 Å². The maximum absolute atomic E-state index is 5.91. The molecule has 1 heterocycles. The molecule has 16 heavy (non-hydrogen) atoms. The Morgan fingerprint density at radius 1 is 1.38 bits per heavy atom. The SMILES string of the molecule is CCNC1CCCOc2c(CC)cccc21. The molecule has 0 spiro atoms. The van der Waals surface area contributed by atoms with Gasteiger partial charge in [-0.05, 0) is 31.4 Å². The van der Waals surface area contributed by atoms with Crippen LogP contribution in [0.15, 0.2) is 18.2 Å². The maximum Gasteiger partial charge on any atom is 0.127 e. The van der Waals surface area contributed by atoms with E-state index >= 15 is 0 Å². The van der Waals surface area contributed by atoms with Gasteiger partial charge in [-0.15, -0.1) is 0 Å². The number of para-hydroxylation sites is 1. The Bertz CT molecular complexity index is 349. The molecular formula is C14H21NO. The van der Waals surface area contributed by atoms with E-state index in [4.69, 9.17) is 4.74 Å². The van der Waals surface area contributed by atoms with E-state index in [1.165, 1.54) is 17.5 Å². The third-order valence-corrected chi connectivity index (χ3v) is 3.22. The van der Waals surface area contributed by atoms with E-state index in [0.29, 0.717) is 6.04 Å². The number of fused-ring (bicyclic) bond motifs is 1. The van der Waals surface area contributed by atoms with Gasteiger partial charge in [-0.3, -0.25) is 0 Å². The van der Waals surface area contributed by atoms with E-state index in [0.717, 1.165) is 31.7 Å². The summed E-state index contributed by atoms with van der Waals surface area (Å²) in [6, 6.07) is 6.99. The number of rotatable bonds is 3. The Morgan fingerprint density at radius 2 is 2.25 bits per heavy atom. The highest BCUT2D eigenvalue weighted by atomic mass is 16.5. The molecule has 0 saturated heterocycles. The molecule has 1 aromatic rings. The molecule has 0 aromatic heterocycles. The van der Waals surface area contributed by atoms with Crippen LogP contribution in [0.4, 0.5) is 0 Å². The standard InChI is InChI=1S/C14H21NO/c1-3-11-7-5-8-12-13(15-4-2)9-6-10-16-14(11)12/h5,7-8,13,15H,3-4,6,9-10H2,1-2H3. The van der Waals surface area contributed by atoms with Gasteiger partial charge in [0.25, 0.3) is 0 Å². The third kappa shape index (κ3) is 2.22.